The lowest BCUT2D eigenvalue weighted by Gasteiger charge is -2.37. The molecule has 3 aliphatic rings. The minimum absolute atomic E-state index is 0.183. The standard InChI is InChI=1S/C17H32N4O3S/c1-2-18-17(19-11-15-4-10-25(22,23)14-15)21-7-5-20(6-8-21)12-16-3-9-24-13-16/h15-16H,2-14H2,1H3,(H,18,19). The second kappa shape index (κ2) is 8.68. The number of nitrogens with one attached hydrogen (secondary N) is 1. The highest BCUT2D eigenvalue weighted by Gasteiger charge is 2.28. The van der Waals surface area contributed by atoms with Crippen LogP contribution >= 0.6 is 0 Å². The molecule has 0 aromatic carbocycles. The summed E-state index contributed by atoms with van der Waals surface area (Å²) < 4.78 is 28.7. The van der Waals surface area contributed by atoms with Crippen molar-refractivity contribution < 1.29 is 13.2 Å². The van der Waals surface area contributed by atoms with Crippen LogP contribution in [0.25, 0.3) is 0 Å². The van der Waals surface area contributed by atoms with Crippen molar-refractivity contribution >= 4 is 15.8 Å². The number of hydrogen-bond acceptors (Lipinski definition) is 5. The van der Waals surface area contributed by atoms with Crippen LogP contribution in [0.15, 0.2) is 4.99 Å². The van der Waals surface area contributed by atoms with Crippen LogP contribution in [0, 0.1) is 11.8 Å². The quantitative estimate of drug-likeness (QED) is 0.543. The van der Waals surface area contributed by atoms with Crippen LogP contribution in [0.3, 0.4) is 0 Å². The van der Waals surface area contributed by atoms with E-state index in [-0.39, 0.29) is 5.92 Å². The summed E-state index contributed by atoms with van der Waals surface area (Å²) in [6.45, 7) is 10.5. The van der Waals surface area contributed by atoms with Crippen LogP contribution < -0.4 is 5.32 Å². The van der Waals surface area contributed by atoms with Crippen molar-refractivity contribution in [2.75, 3.05) is 70.5 Å². The van der Waals surface area contributed by atoms with Gasteiger partial charge in [-0.3, -0.25) is 9.89 Å². The first-order chi connectivity index (χ1) is 12.1. The molecule has 0 radical (unpaired) electrons. The van der Waals surface area contributed by atoms with Crippen molar-refractivity contribution in [2.45, 2.75) is 19.8 Å². The Kier molecular flexibility index (Phi) is 6.57. The van der Waals surface area contributed by atoms with Gasteiger partial charge in [0.05, 0.1) is 18.1 Å². The first-order valence-corrected chi connectivity index (χ1v) is 11.4. The van der Waals surface area contributed by atoms with E-state index in [0.717, 1.165) is 64.9 Å². The largest absolute Gasteiger partial charge is 0.381 e. The first kappa shape index (κ1) is 18.9. The van der Waals surface area contributed by atoms with Crippen LogP contribution in [-0.4, -0.2) is 94.7 Å². The molecule has 3 saturated heterocycles. The fourth-order valence-corrected chi connectivity index (χ4v) is 5.74. The summed E-state index contributed by atoms with van der Waals surface area (Å²) in [5, 5.41) is 3.37. The molecule has 0 aromatic heterocycles. The third-order valence-corrected chi connectivity index (χ3v) is 7.21. The second-order valence-corrected chi connectivity index (χ2v) is 9.71. The highest BCUT2D eigenvalue weighted by atomic mass is 32.2. The summed E-state index contributed by atoms with van der Waals surface area (Å²) in [5.41, 5.74) is 0. The third-order valence-electron chi connectivity index (χ3n) is 5.37. The lowest BCUT2D eigenvalue weighted by molar-refractivity contribution is 0.139. The van der Waals surface area contributed by atoms with Gasteiger partial charge >= 0.3 is 0 Å². The zero-order valence-corrected chi connectivity index (χ0v) is 16.1. The van der Waals surface area contributed by atoms with Gasteiger partial charge in [-0.25, -0.2) is 8.42 Å². The molecule has 8 heteroatoms. The molecule has 144 valence electrons. The fourth-order valence-electron chi connectivity index (χ4n) is 3.89. The SMILES string of the molecule is CCNC(=NCC1CCS(=O)(=O)C1)N1CCN(CC2CCOC2)CC1. The maximum absolute atomic E-state index is 11.6. The van der Waals surface area contributed by atoms with E-state index in [1.165, 1.54) is 6.42 Å². The van der Waals surface area contributed by atoms with E-state index < -0.39 is 9.84 Å². The molecule has 0 bridgehead atoms. The Morgan fingerprint density at radius 2 is 2.00 bits per heavy atom. The maximum atomic E-state index is 11.6. The van der Waals surface area contributed by atoms with E-state index in [1.54, 1.807) is 0 Å². The number of ether oxygens (including phenoxy) is 1. The summed E-state index contributed by atoms with van der Waals surface area (Å²) >= 11 is 0. The molecule has 1 N–H and O–H groups in total. The summed E-state index contributed by atoms with van der Waals surface area (Å²) in [4.78, 5) is 9.59. The Bertz CT molecular complexity index is 552. The number of hydrogen-bond donors (Lipinski definition) is 1. The topological polar surface area (TPSA) is 74.2 Å². The zero-order chi connectivity index (χ0) is 17.7. The molecule has 0 amide bonds. The van der Waals surface area contributed by atoms with Crippen molar-refractivity contribution in [3.05, 3.63) is 0 Å². The maximum Gasteiger partial charge on any atom is 0.194 e. The molecule has 0 saturated carbocycles. The Balaban J connectivity index is 1.48. The first-order valence-electron chi connectivity index (χ1n) is 9.59. The second-order valence-electron chi connectivity index (χ2n) is 7.48. The van der Waals surface area contributed by atoms with Crippen LogP contribution in [0.4, 0.5) is 0 Å². The van der Waals surface area contributed by atoms with Gasteiger partial charge in [0.25, 0.3) is 0 Å². The van der Waals surface area contributed by atoms with E-state index >= 15 is 0 Å². The minimum Gasteiger partial charge on any atom is -0.381 e. The summed E-state index contributed by atoms with van der Waals surface area (Å²) in [5.74, 6) is 2.44. The van der Waals surface area contributed by atoms with E-state index in [9.17, 15) is 8.42 Å². The van der Waals surface area contributed by atoms with Gasteiger partial charge in [0, 0.05) is 52.4 Å². The van der Waals surface area contributed by atoms with Crippen LogP contribution in [0.1, 0.15) is 19.8 Å². The van der Waals surface area contributed by atoms with Gasteiger partial charge in [-0.05, 0) is 31.6 Å². The lowest BCUT2D eigenvalue weighted by Crippen LogP contribution is -2.53. The highest BCUT2D eigenvalue weighted by molar-refractivity contribution is 7.91. The molecule has 3 rings (SSSR count). The van der Waals surface area contributed by atoms with Gasteiger partial charge in [-0.15, -0.1) is 0 Å². The summed E-state index contributed by atoms with van der Waals surface area (Å²) in [6, 6.07) is 0. The normalized spacial score (nSPS) is 30.8. The number of guanidine groups is 1. The highest BCUT2D eigenvalue weighted by Crippen LogP contribution is 2.19. The Morgan fingerprint density at radius 3 is 2.60 bits per heavy atom. The predicted octanol–water partition coefficient (Wildman–Crippen LogP) is 0.0407. The molecule has 0 spiro atoms. The van der Waals surface area contributed by atoms with Gasteiger partial charge in [0.15, 0.2) is 15.8 Å². The van der Waals surface area contributed by atoms with Crippen molar-refractivity contribution in [3.8, 4) is 0 Å². The summed E-state index contributed by atoms with van der Waals surface area (Å²) in [7, 11) is -2.82. The average molecular weight is 373 g/mol. The average Bonchev–Trinajstić information content (AvgIpc) is 3.21. The van der Waals surface area contributed by atoms with Crippen molar-refractivity contribution in [1.82, 2.24) is 15.1 Å². The minimum atomic E-state index is -2.82. The molecule has 2 unspecified atom stereocenters. The van der Waals surface area contributed by atoms with Gasteiger partial charge < -0.3 is 15.0 Å². The monoisotopic (exact) mass is 372 g/mol. The molecule has 25 heavy (non-hydrogen) atoms. The van der Waals surface area contributed by atoms with Gasteiger partial charge in [-0.2, -0.15) is 0 Å². The lowest BCUT2D eigenvalue weighted by atomic mass is 10.1. The van der Waals surface area contributed by atoms with Gasteiger partial charge in [0.2, 0.25) is 0 Å². The van der Waals surface area contributed by atoms with Crippen molar-refractivity contribution in [2.24, 2.45) is 16.8 Å². The predicted molar refractivity (Wildman–Crippen MR) is 99.7 cm³/mol. The van der Waals surface area contributed by atoms with Crippen LogP contribution in [0.2, 0.25) is 0 Å². The van der Waals surface area contributed by atoms with E-state index in [0.29, 0.717) is 24.0 Å². The Labute approximate surface area is 151 Å². The van der Waals surface area contributed by atoms with E-state index in [2.05, 4.69) is 22.0 Å². The smallest absolute Gasteiger partial charge is 0.194 e. The molecule has 3 heterocycles. The van der Waals surface area contributed by atoms with Crippen molar-refractivity contribution in [3.63, 3.8) is 0 Å². The van der Waals surface area contributed by atoms with Crippen LogP contribution in [0.5, 0.6) is 0 Å². The molecule has 2 atom stereocenters. The molecule has 7 nitrogen and oxygen atoms in total. The number of nitrogens with zero attached hydrogens (tertiary/aromatic N) is 3. The zero-order valence-electron chi connectivity index (χ0n) is 15.3. The number of sulfone groups is 1. The van der Waals surface area contributed by atoms with Gasteiger partial charge in [0.1, 0.15) is 0 Å². The molecule has 0 aliphatic carbocycles. The molecular weight excluding hydrogens is 340 g/mol. The number of aliphatic imine (C=N–C) groups is 1. The Morgan fingerprint density at radius 1 is 1.20 bits per heavy atom. The fraction of sp³-hybridized carbons (Fsp3) is 0.941. The summed E-state index contributed by atoms with van der Waals surface area (Å²) in [6.07, 6.45) is 1.94. The van der Waals surface area contributed by atoms with E-state index in [1.807, 2.05) is 0 Å². The molecular formula is C17H32N4O3S. The van der Waals surface area contributed by atoms with Crippen LogP contribution in [-0.2, 0) is 14.6 Å². The number of rotatable bonds is 5. The van der Waals surface area contributed by atoms with Gasteiger partial charge in [-0.1, -0.05) is 0 Å². The van der Waals surface area contributed by atoms with Crippen molar-refractivity contribution in [1.29, 1.82) is 0 Å². The number of piperazine rings is 1. The Hall–Kier alpha value is -0.860. The molecule has 3 fully saturated rings. The molecule has 0 aromatic rings. The third kappa shape index (κ3) is 5.56. The van der Waals surface area contributed by atoms with E-state index in [4.69, 9.17) is 9.73 Å². The molecule has 3 aliphatic heterocycles.